The summed E-state index contributed by atoms with van der Waals surface area (Å²) in [6, 6.07) is 0. The van der Waals surface area contributed by atoms with Crippen molar-refractivity contribution in [3.63, 3.8) is 0 Å². The van der Waals surface area contributed by atoms with E-state index >= 15 is 0 Å². The predicted molar refractivity (Wildman–Crippen MR) is 76.5 cm³/mol. The first kappa shape index (κ1) is 22.7. The van der Waals surface area contributed by atoms with Crippen LogP contribution >= 0.6 is 0 Å². The van der Waals surface area contributed by atoms with Crippen LogP contribution in [0.25, 0.3) is 5.73 Å². The van der Waals surface area contributed by atoms with Gasteiger partial charge in [-0.25, -0.2) is 0 Å². The van der Waals surface area contributed by atoms with E-state index in [0.29, 0.717) is 52.8 Å². The molecule has 5 nitrogen and oxygen atoms in total. The first-order chi connectivity index (χ1) is 9.27. The maximum Gasteiger partial charge on any atom is 0.0701 e. The van der Waals surface area contributed by atoms with Crippen molar-refractivity contribution in [1.29, 1.82) is 0 Å². The second kappa shape index (κ2) is 19.4. The fourth-order valence-corrected chi connectivity index (χ4v) is 1.43. The Morgan fingerprint density at radius 1 is 0.700 bits per heavy atom. The van der Waals surface area contributed by atoms with Crippen molar-refractivity contribution in [2.24, 2.45) is 5.92 Å². The summed E-state index contributed by atoms with van der Waals surface area (Å²) >= 11 is 0. The molecule has 0 amide bonds. The molecule has 0 heterocycles. The number of hydrogen-bond donors (Lipinski definition) is 0. The predicted octanol–water partition coefficient (Wildman–Crippen LogP) is 2.54. The van der Waals surface area contributed by atoms with E-state index < -0.39 is 0 Å². The van der Waals surface area contributed by atoms with Gasteiger partial charge in [0, 0.05) is 31.8 Å². The third kappa shape index (κ3) is 20.7. The van der Waals surface area contributed by atoms with Crippen molar-refractivity contribution in [3.05, 3.63) is 5.73 Å². The molecule has 0 aliphatic rings. The molecule has 1 radical (unpaired) electrons. The van der Waals surface area contributed by atoms with Gasteiger partial charge in [0.05, 0.1) is 39.6 Å². The van der Waals surface area contributed by atoms with Gasteiger partial charge in [0.15, 0.2) is 0 Å². The maximum absolute atomic E-state index is 6.88. The largest absolute Gasteiger partial charge is 0.676 e. The summed E-state index contributed by atoms with van der Waals surface area (Å²) < 4.78 is 21.2. The van der Waals surface area contributed by atoms with Crippen LogP contribution in [-0.4, -0.2) is 59.4 Å². The van der Waals surface area contributed by atoms with Crippen LogP contribution in [0.1, 0.15) is 26.7 Å². The van der Waals surface area contributed by atoms with Gasteiger partial charge in [-0.1, -0.05) is 13.8 Å². The molecule has 0 unspecified atom stereocenters. The number of nitrogens with one attached hydrogen (secondary N) is 1. The average molecular weight is 327 g/mol. The van der Waals surface area contributed by atoms with E-state index in [-0.39, 0.29) is 18.6 Å². The molecular weight excluding hydrogens is 297 g/mol. The summed E-state index contributed by atoms with van der Waals surface area (Å²) in [7, 11) is 0. The quantitative estimate of drug-likeness (QED) is 0.434. The van der Waals surface area contributed by atoms with Crippen molar-refractivity contribution in [2.45, 2.75) is 26.7 Å². The van der Waals surface area contributed by atoms with Crippen LogP contribution in [0.5, 0.6) is 0 Å². The Morgan fingerprint density at radius 2 is 1.10 bits per heavy atom. The van der Waals surface area contributed by atoms with Crippen LogP contribution in [0, 0.1) is 5.92 Å². The summed E-state index contributed by atoms with van der Waals surface area (Å²) in [4.78, 5) is 0. The average Bonchev–Trinajstić information content (AvgIpc) is 2.39. The van der Waals surface area contributed by atoms with Crippen molar-refractivity contribution in [2.75, 3.05) is 59.4 Å². The van der Waals surface area contributed by atoms with E-state index in [2.05, 4.69) is 13.8 Å². The van der Waals surface area contributed by atoms with Gasteiger partial charge in [0.2, 0.25) is 0 Å². The molecule has 0 aromatic carbocycles. The topological polar surface area (TPSA) is 60.7 Å². The molecule has 0 aromatic rings. The first-order valence-corrected chi connectivity index (χ1v) is 7.23. The Balaban J connectivity index is 0. The van der Waals surface area contributed by atoms with Crippen LogP contribution in [0.2, 0.25) is 0 Å². The number of ether oxygens (including phenoxy) is 4. The van der Waals surface area contributed by atoms with Gasteiger partial charge in [-0.2, -0.15) is 0 Å². The minimum Gasteiger partial charge on any atom is -0.676 e. The van der Waals surface area contributed by atoms with Crippen molar-refractivity contribution < 1.29 is 37.5 Å². The fourth-order valence-electron chi connectivity index (χ4n) is 1.43. The van der Waals surface area contributed by atoms with Gasteiger partial charge in [-0.05, 0) is 18.8 Å². The van der Waals surface area contributed by atoms with Gasteiger partial charge >= 0.3 is 0 Å². The summed E-state index contributed by atoms with van der Waals surface area (Å²) in [5.74, 6) is 0.752. The van der Waals surface area contributed by atoms with Crippen LogP contribution in [0.3, 0.4) is 0 Å². The fraction of sp³-hybridized carbons (Fsp3) is 1.00. The molecule has 0 aliphatic heterocycles. The van der Waals surface area contributed by atoms with Crippen molar-refractivity contribution in [1.82, 2.24) is 0 Å². The Hall–Kier alpha value is 0.384. The smallest absolute Gasteiger partial charge is 0.0701 e. The normalized spacial score (nSPS) is 10.8. The number of rotatable bonds is 15. The summed E-state index contributed by atoms with van der Waals surface area (Å²) in [5.41, 5.74) is 6.88. The van der Waals surface area contributed by atoms with E-state index in [1.807, 2.05) is 0 Å². The summed E-state index contributed by atoms with van der Waals surface area (Å²) in [6.45, 7) is 9.63. The molecule has 0 aromatic heterocycles. The van der Waals surface area contributed by atoms with Gasteiger partial charge in [0.25, 0.3) is 0 Å². The summed E-state index contributed by atoms with van der Waals surface area (Å²) in [6.07, 6.45) is 2.34. The molecule has 0 aliphatic carbocycles. The zero-order chi connectivity index (χ0) is 14.2. The van der Waals surface area contributed by atoms with Crippen LogP contribution in [-0.2, 0) is 37.5 Å². The Bertz CT molecular complexity index is 173. The zero-order valence-electron chi connectivity index (χ0n) is 12.9. The second-order valence-corrected chi connectivity index (χ2v) is 4.74. The standard InChI is InChI=1S/C14H30NO4.V/c1-14(2)4-3-6-16-8-10-18-12-13-19-11-9-17-7-5-15;/h14-15H,3-13H2,1-2H3;/q-1;. The van der Waals surface area contributed by atoms with E-state index in [1.165, 1.54) is 6.42 Å². The summed E-state index contributed by atoms with van der Waals surface area (Å²) in [5, 5.41) is 0. The van der Waals surface area contributed by atoms with Crippen molar-refractivity contribution in [3.8, 4) is 0 Å². The molecule has 0 bridgehead atoms. The van der Waals surface area contributed by atoms with Crippen LogP contribution in [0.4, 0.5) is 0 Å². The third-order valence-corrected chi connectivity index (χ3v) is 2.43. The van der Waals surface area contributed by atoms with Gasteiger partial charge in [-0.15, -0.1) is 6.54 Å². The molecule has 20 heavy (non-hydrogen) atoms. The van der Waals surface area contributed by atoms with Crippen molar-refractivity contribution >= 4 is 0 Å². The Kier molecular flexibility index (Phi) is 22.0. The molecule has 0 rings (SSSR count). The molecule has 6 heteroatoms. The number of hydrogen-bond acceptors (Lipinski definition) is 4. The monoisotopic (exact) mass is 327 g/mol. The minimum absolute atomic E-state index is 0. The molecule has 1 N–H and O–H groups in total. The molecule has 121 valence electrons. The Morgan fingerprint density at radius 3 is 1.50 bits per heavy atom. The first-order valence-electron chi connectivity index (χ1n) is 7.23. The molecular formula is C14H30NO4V-. The van der Waals surface area contributed by atoms with Crippen LogP contribution < -0.4 is 0 Å². The van der Waals surface area contributed by atoms with E-state index in [0.717, 1.165) is 18.9 Å². The van der Waals surface area contributed by atoms with Gasteiger partial charge in [0.1, 0.15) is 0 Å². The maximum atomic E-state index is 6.88. The molecule has 0 atom stereocenters. The SMILES string of the molecule is CC(C)CCCOCCOCCOCCOCC[NH-].[V]. The molecule has 0 saturated carbocycles. The molecule has 0 saturated heterocycles. The second-order valence-electron chi connectivity index (χ2n) is 4.74. The van der Waals surface area contributed by atoms with Gasteiger partial charge < -0.3 is 24.7 Å². The third-order valence-electron chi connectivity index (χ3n) is 2.43. The van der Waals surface area contributed by atoms with E-state index in [1.54, 1.807) is 0 Å². The molecule has 0 spiro atoms. The van der Waals surface area contributed by atoms with Crippen LogP contribution in [0.15, 0.2) is 0 Å². The Labute approximate surface area is 135 Å². The molecule has 0 fully saturated rings. The van der Waals surface area contributed by atoms with E-state index in [4.69, 9.17) is 24.7 Å². The van der Waals surface area contributed by atoms with Gasteiger partial charge in [-0.3, -0.25) is 0 Å². The minimum atomic E-state index is 0. The van der Waals surface area contributed by atoms with E-state index in [9.17, 15) is 0 Å². The zero-order valence-corrected chi connectivity index (χ0v) is 14.3.